The SMILES string of the molecule is CC1c2ccc(C(C)(C)CCCN3CCOCC3)c(O)c2C(O)=C2C(=O)C3(O)C(O)=C(C(N)=O)C(=O)C(N(C)C)C3C(O)C21. The van der Waals surface area contributed by atoms with Crippen LogP contribution in [0.1, 0.15) is 56.2 Å². The quantitative estimate of drug-likeness (QED) is 0.239. The maximum Gasteiger partial charge on any atom is 0.255 e. The highest BCUT2D eigenvalue weighted by Gasteiger charge is 2.68. The number of carbonyl (C=O) groups excluding carboxylic acids is 3. The van der Waals surface area contributed by atoms with E-state index in [4.69, 9.17) is 10.5 Å². The normalized spacial score (nSPS) is 31.2. The van der Waals surface area contributed by atoms with Crippen LogP contribution in [0.4, 0.5) is 0 Å². The number of hydrogen-bond donors (Lipinski definition) is 6. The molecule has 1 saturated heterocycles. The van der Waals surface area contributed by atoms with Crippen molar-refractivity contribution in [3.63, 3.8) is 0 Å². The van der Waals surface area contributed by atoms with Gasteiger partial charge < -0.3 is 36.0 Å². The predicted molar refractivity (Wildman–Crippen MR) is 160 cm³/mol. The van der Waals surface area contributed by atoms with Gasteiger partial charge >= 0.3 is 0 Å². The fourth-order valence-corrected chi connectivity index (χ4v) is 7.87. The Kier molecular flexibility index (Phi) is 8.21. The fourth-order valence-electron chi connectivity index (χ4n) is 7.87. The van der Waals surface area contributed by atoms with Gasteiger partial charge in [-0.2, -0.15) is 0 Å². The van der Waals surface area contributed by atoms with Crippen molar-refractivity contribution >= 4 is 23.2 Å². The number of morpholine rings is 1. The van der Waals surface area contributed by atoms with Gasteiger partial charge in [-0.1, -0.05) is 32.9 Å². The Balaban J connectivity index is 1.59. The van der Waals surface area contributed by atoms with Crippen LogP contribution in [-0.4, -0.2) is 117 Å². The molecular formula is C32H43N3O9. The molecule has 1 saturated carbocycles. The lowest BCUT2D eigenvalue weighted by Gasteiger charge is -2.53. The van der Waals surface area contributed by atoms with Crippen molar-refractivity contribution in [3.8, 4) is 5.75 Å². The maximum absolute atomic E-state index is 14.2. The molecule has 5 rings (SSSR count). The van der Waals surface area contributed by atoms with E-state index in [0.717, 1.165) is 32.5 Å². The minimum Gasteiger partial charge on any atom is -0.508 e. The number of aliphatic hydroxyl groups excluding tert-OH is 3. The maximum atomic E-state index is 14.2. The van der Waals surface area contributed by atoms with Crippen LogP contribution in [0.2, 0.25) is 0 Å². The first-order valence-corrected chi connectivity index (χ1v) is 15.1. The van der Waals surface area contributed by atoms with Crippen LogP contribution >= 0.6 is 0 Å². The number of hydrogen-bond acceptors (Lipinski definition) is 11. The highest BCUT2D eigenvalue weighted by Crippen LogP contribution is 2.57. The number of benzene rings is 1. The molecule has 6 unspecified atom stereocenters. The summed E-state index contributed by atoms with van der Waals surface area (Å²) in [5.74, 6) is -8.85. The summed E-state index contributed by atoms with van der Waals surface area (Å²) in [4.78, 5) is 43.4. The molecule has 3 aliphatic carbocycles. The van der Waals surface area contributed by atoms with Gasteiger partial charge in [0.2, 0.25) is 5.78 Å². The topological polar surface area (TPSA) is 194 Å². The largest absolute Gasteiger partial charge is 0.508 e. The molecule has 1 heterocycles. The monoisotopic (exact) mass is 613 g/mol. The number of nitrogens with zero attached hydrogens (tertiary/aromatic N) is 2. The number of Topliss-reactive ketones (excluding diaryl/α,β-unsaturated/α-hetero) is 2. The molecule has 2 fully saturated rings. The summed E-state index contributed by atoms with van der Waals surface area (Å²) in [6.45, 7) is 9.72. The van der Waals surface area contributed by atoms with Crippen molar-refractivity contribution in [2.45, 2.75) is 62.7 Å². The molecule has 12 heteroatoms. The van der Waals surface area contributed by atoms with E-state index in [1.54, 1.807) is 19.1 Å². The number of likely N-dealkylation sites (N-methyl/N-ethyl adjacent to an activating group) is 1. The molecule has 6 atom stereocenters. The van der Waals surface area contributed by atoms with E-state index < -0.39 is 81.1 Å². The van der Waals surface area contributed by atoms with Crippen molar-refractivity contribution in [1.29, 1.82) is 0 Å². The minimum absolute atomic E-state index is 0.0137. The van der Waals surface area contributed by atoms with Crippen molar-refractivity contribution < 1.29 is 44.7 Å². The molecule has 1 aromatic carbocycles. The molecule has 1 amide bonds. The Morgan fingerprint density at radius 1 is 1.16 bits per heavy atom. The first kappa shape index (κ1) is 32.1. The zero-order chi connectivity index (χ0) is 32.5. The van der Waals surface area contributed by atoms with Crippen LogP contribution in [0.5, 0.6) is 5.75 Å². The number of ketones is 2. The number of fused-ring (bicyclic) bond motifs is 3. The number of phenols is 1. The molecule has 0 bridgehead atoms. The molecule has 12 nitrogen and oxygen atoms in total. The van der Waals surface area contributed by atoms with E-state index in [1.807, 2.05) is 13.8 Å². The highest BCUT2D eigenvalue weighted by molar-refractivity contribution is 6.24. The first-order valence-electron chi connectivity index (χ1n) is 15.1. The molecule has 0 spiro atoms. The van der Waals surface area contributed by atoms with Gasteiger partial charge in [0.1, 0.15) is 22.8 Å². The Morgan fingerprint density at radius 3 is 2.39 bits per heavy atom. The van der Waals surface area contributed by atoms with E-state index in [2.05, 4.69) is 4.90 Å². The number of aliphatic hydroxyl groups is 4. The third-order valence-electron chi connectivity index (χ3n) is 10.2. The number of primary amides is 1. The predicted octanol–water partition coefficient (Wildman–Crippen LogP) is 0.886. The smallest absolute Gasteiger partial charge is 0.255 e. The standard InChI is InChI=1S/C32H43N3O9/c1-15-16-7-8-17(31(2,3)9-6-10-35-11-13-44-14-12-35)24(36)19(16)25(37)20-18(15)26(38)22-23(34(4)5)27(39)21(30(33)42)29(41)32(22,43)28(20)40/h7-8,15,18,22-23,26,36-38,41,43H,6,9-14H2,1-5H3,(H2,33,42). The van der Waals surface area contributed by atoms with E-state index in [0.29, 0.717) is 24.3 Å². The van der Waals surface area contributed by atoms with Crippen LogP contribution in [-0.2, 0) is 24.5 Å². The van der Waals surface area contributed by atoms with Gasteiger partial charge in [0.05, 0.1) is 36.8 Å². The molecule has 0 radical (unpaired) electrons. The average molecular weight is 614 g/mol. The van der Waals surface area contributed by atoms with Gasteiger partial charge in [-0.3, -0.25) is 24.2 Å². The lowest BCUT2D eigenvalue weighted by atomic mass is 9.54. The number of rotatable bonds is 7. The molecule has 7 N–H and O–H groups in total. The second kappa shape index (κ2) is 11.3. The zero-order valence-electron chi connectivity index (χ0n) is 25.8. The molecule has 1 aromatic rings. The third-order valence-corrected chi connectivity index (χ3v) is 10.2. The summed E-state index contributed by atoms with van der Waals surface area (Å²) in [5.41, 5.74) is 1.67. The Labute approximate surface area is 256 Å². The summed E-state index contributed by atoms with van der Waals surface area (Å²) < 4.78 is 5.42. The third kappa shape index (κ3) is 4.66. The van der Waals surface area contributed by atoms with Gasteiger partial charge in [0, 0.05) is 30.1 Å². The molecular weight excluding hydrogens is 570 g/mol. The summed E-state index contributed by atoms with van der Waals surface area (Å²) in [5, 5.41) is 58.0. The van der Waals surface area contributed by atoms with E-state index in [-0.39, 0.29) is 11.3 Å². The fraction of sp³-hybridized carbons (Fsp3) is 0.594. The number of ether oxygens (including phenoxy) is 1. The number of carbonyl (C=O) groups is 3. The summed E-state index contributed by atoms with van der Waals surface area (Å²) in [7, 11) is 2.96. The number of amides is 1. The molecule has 1 aliphatic heterocycles. The van der Waals surface area contributed by atoms with Gasteiger partial charge in [-0.15, -0.1) is 0 Å². The average Bonchev–Trinajstić information content (AvgIpc) is 2.95. The van der Waals surface area contributed by atoms with Crippen molar-refractivity contribution in [3.05, 3.63) is 45.7 Å². The molecule has 4 aliphatic rings. The van der Waals surface area contributed by atoms with Crippen LogP contribution in [0.15, 0.2) is 29.0 Å². The van der Waals surface area contributed by atoms with Crippen molar-refractivity contribution in [2.75, 3.05) is 46.9 Å². The first-order chi connectivity index (χ1) is 20.6. The molecule has 0 aromatic heterocycles. The lowest BCUT2D eigenvalue weighted by Crippen LogP contribution is -2.70. The summed E-state index contributed by atoms with van der Waals surface area (Å²) in [6, 6.07) is 2.18. The van der Waals surface area contributed by atoms with Crippen molar-refractivity contribution in [1.82, 2.24) is 9.80 Å². The van der Waals surface area contributed by atoms with Crippen LogP contribution < -0.4 is 5.73 Å². The van der Waals surface area contributed by atoms with Gasteiger partial charge in [0.15, 0.2) is 11.4 Å². The number of phenolic OH excluding ortho intramolecular Hbond substituents is 1. The van der Waals surface area contributed by atoms with Gasteiger partial charge in [-0.25, -0.2) is 0 Å². The Bertz CT molecular complexity index is 1460. The van der Waals surface area contributed by atoms with Gasteiger partial charge in [0.25, 0.3) is 5.91 Å². The Hall–Kier alpha value is -3.29. The van der Waals surface area contributed by atoms with Crippen LogP contribution in [0.3, 0.4) is 0 Å². The molecule has 240 valence electrons. The van der Waals surface area contributed by atoms with Crippen LogP contribution in [0.25, 0.3) is 5.76 Å². The highest BCUT2D eigenvalue weighted by atomic mass is 16.5. The summed E-state index contributed by atoms with van der Waals surface area (Å²) in [6.07, 6.45) is -0.0440. The summed E-state index contributed by atoms with van der Waals surface area (Å²) >= 11 is 0. The second-order valence-corrected chi connectivity index (χ2v) is 13.4. The van der Waals surface area contributed by atoms with Crippen LogP contribution in [0, 0.1) is 11.8 Å². The van der Waals surface area contributed by atoms with Gasteiger partial charge in [-0.05, 0) is 50.4 Å². The minimum atomic E-state index is -2.93. The Morgan fingerprint density at radius 2 is 1.80 bits per heavy atom. The van der Waals surface area contributed by atoms with E-state index >= 15 is 0 Å². The lowest BCUT2D eigenvalue weighted by molar-refractivity contribution is -0.169. The van der Waals surface area contributed by atoms with E-state index in [1.165, 1.54) is 19.0 Å². The van der Waals surface area contributed by atoms with E-state index in [9.17, 15) is 39.9 Å². The van der Waals surface area contributed by atoms with Crippen molar-refractivity contribution in [2.24, 2.45) is 17.6 Å². The molecule has 44 heavy (non-hydrogen) atoms. The second-order valence-electron chi connectivity index (χ2n) is 13.4. The number of nitrogens with two attached hydrogens (primary N) is 1. The number of aromatic hydroxyl groups is 1. The zero-order valence-corrected chi connectivity index (χ0v) is 25.8.